The van der Waals surface area contributed by atoms with Gasteiger partial charge in [0.05, 0.1) is 52.2 Å². The summed E-state index contributed by atoms with van der Waals surface area (Å²) in [4.78, 5) is 55.7. The van der Waals surface area contributed by atoms with E-state index in [1.807, 2.05) is 25.1 Å². The van der Waals surface area contributed by atoms with E-state index in [9.17, 15) is 19.2 Å². The Hall–Kier alpha value is -3.79. The van der Waals surface area contributed by atoms with E-state index in [0.29, 0.717) is 5.69 Å². The first-order valence-electron chi connectivity index (χ1n) is 10.1. The largest absolute Gasteiger partial charge is 0.465 e. The molecule has 2 aromatic carbocycles. The second-order valence-electron chi connectivity index (χ2n) is 7.52. The minimum absolute atomic E-state index is 0.0181. The predicted octanol–water partition coefficient (Wildman–Crippen LogP) is 3.17. The third kappa shape index (κ3) is 4.42. The summed E-state index contributed by atoms with van der Waals surface area (Å²) in [6, 6.07) is 9.73. The molecule has 0 bridgehead atoms. The quantitative estimate of drug-likeness (QED) is 0.573. The normalized spacial score (nSPS) is 15.5. The molecule has 4 rings (SSSR count). The maximum atomic E-state index is 13.0. The average Bonchev–Trinajstić information content (AvgIpc) is 3.38. The summed E-state index contributed by atoms with van der Waals surface area (Å²) in [5.74, 6) is -2.55. The summed E-state index contributed by atoms with van der Waals surface area (Å²) in [6.45, 7) is 2.10. The van der Waals surface area contributed by atoms with Crippen LogP contribution in [0.5, 0.6) is 0 Å². The lowest BCUT2D eigenvalue weighted by atomic mass is 10.1. The van der Waals surface area contributed by atoms with Crippen LogP contribution < -0.4 is 10.2 Å². The van der Waals surface area contributed by atoms with Crippen molar-refractivity contribution in [1.29, 1.82) is 0 Å². The molecule has 0 spiro atoms. The van der Waals surface area contributed by atoms with Crippen LogP contribution in [-0.4, -0.2) is 49.5 Å². The highest BCUT2D eigenvalue weighted by molar-refractivity contribution is 7.18. The smallest absolute Gasteiger partial charge is 0.339 e. The monoisotopic (exact) mass is 467 g/mol. The van der Waals surface area contributed by atoms with E-state index in [-0.39, 0.29) is 35.7 Å². The first-order valence-corrected chi connectivity index (χ1v) is 10.9. The summed E-state index contributed by atoms with van der Waals surface area (Å²) >= 11 is 1.57. The standard InChI is InChI=1S/C23H21N3O6S/c1-12-24-18-10-15(5-7-19(18)33-12)26-11-14(9-20(26)27)21(28)25-17-8-13(22(29)31-2)4-6-16(17)23(30)32-3/h4-8,10,14H,9,11H2,1-3H3,(H,25,28). The van der Waals surface area contributed by atoms with Crippen molar-refractivity contribution in [1.82, 2.24) is 4.98 Å². The molecule has 1 aromatic heterocycles. The first-order chi connectivity index (χ1) is 15.8. The van der Waals surface area contributed by atoms with Gasteiger partial charge in [-0.1, -0.05) is 0 Å². The molecule has 1 unspecified atom stereocenters. The molecule has 1 N–H and O–H groups in total. The number of carbonyl (C=O) groups is 4. The lowest BCUT2D eigenvalue weighted by molar-refractivity contribution is -0.122. The number of rotatable bonds is 5. The molecule has 1 saturated heterocycles. The van der Waals surface area contributed by atoms with E-state index < -0.39 is 23.8 Å². The lowest BCUT2D eigenvalue weighted by Crippen LogP contribution is -2.28. The number of anilines is 2. The number of hydrogen-bond acceptors (Lipinski definition) is 8. The molecule has 2 amide bonds. The second kappa shape index (κ2) is 8.99. The van der Waals surface area contributed by atoms with Crippen LogP contribution in [-0.2, 0) is 19.1 Å². The van der Waals surface area contributed by atoms with Gasteiger partial charge in [0.25, 0.3) is 0 Å². The van der Waals surface area contributed by atoms with Crippen molar-refractivity contribution < 1.29 is 28.7 Å². The number of benzene rings is 2. The molecule has 33 heavy (non-hydrogen) atoms. The van der Waals surface area contributed by atoms with Crippen molar-refractivity contribution >= 4 is 56.7 Å². The van der Waals surface area contributed by atoms with Gasteiger partial charge in [-0.25, -0.2) is 14.6 Å². The van der Waals surface area contributed by atoms with Crippen LogP contribution in [0.15, 0.2) is 36.4 Å². The van der Waals surface area contributed by atoms with Gasteiger partial charge in [0.1, 0.15) is 0 Å². The Kier molecular flexibility index (Phi) is 6.10. The van der Waals surface area contributed by atoms with Gasteiger partial charge in [0.15, 0.2) is 0 Å². The van der Waals surface area contributed by atoms with Crippen LogP contribution in [0.3, 0.4) is 0 Å². The molecule has 1 fully saturated rings. The van der Waals surface area contributed by atoms with Crippen molar-refractivity contribution in [3.8, 4) is 0 Å². The zero-order valence-corrected chi connectivity index (χ0v) is 19.0. The third-order valence-electron chi connectivity index (χ3n) is 5.39. The van der Waals surface area contributed by atoms with E-state index in [0.717, 1.165) is 15.2 Å². The van der Waals surface area contributed by atoms with Gasteiger partial charge in [-0.3, -0.25) is 9.59 Å². The molecule has 0 saturated carbocycles. The molecule has 1 aliphatic rings. The Morgan fingerprint density at radius 1 is 1.09 bits per heavy atom. The summed E-state index contributed by atoms with van der Waals surface area (Å²) < 4.78 is 10.5. The van der Waals surface area contributed by atoms with Crippen molar-refractivity contribution in [3.05, 3.63) is 52.5 Å². The van der Waals surface area contributed by atoms with Gasteiger partial charge >= 0.3 is 11.9 Å². The zero-order chi connectivity index (χ0) is 23.7. The Balaban J connectivity index is 1.55. The Morgan fingerprint density at radius 3 is 2.58 bits per heavy atom. The van der Waals surface area contributed by atoms with E-state index in [4.69, 9.17) is 9.47 Å². The number of methoxy groups -OCH3 is 2. The molecule has 10 heteroatoms. The zero-order valence-electron chi connectivity index (χ0n) is 18.2. The molecular formula is C23H21N3O6S. The maximum absolute atomic E-state index is 13.0. The fourth-order valence-electron chi connectivity index (χ4n) is 3.75. The van der Waals surface area contributed by atoms with Gasteiger partial charge < -0.3 is 19.7 Å². The second-order valence-corrected chi connectivity index (χ2v) is 8.76. The van der Waals surface area contributed by atoms with Gasteiger partial charge in [-0.05, 0) is 43.3 Å². The van der Waals surface area contributed by atoms with Crippen LogP contribution in [0.1, 0.15) is 32.1 Å². The number of hydrogen-bond donors (Lipinski definition) is 1. The number of nitrogens with one attached hydrogen (secondary N) is 1. The Labute approximate surface area is 193 Å². The minimum atomic E-state index is -0.669. The summed E-state index contributed by atoms with van der Waals surface area (Å²) in [6.07, 6.45) is 0.0181. The number of fused-ring (bicyclic) bond motifs is 1. The topological polar surface area (TPSA) is 115 Å². The van der Waals surface area contributed by atoms with Crippen molar-refractivity contribution in [3.63, 3.8) is 0 Å². The number of esters is 2. The molecule has 0 radical (unpaired) electrons. The molecule has 3 aromatic rings. The van der Waals surface area contributed by atoms with E-state index in [2.05, 4.69) is 10.3 Å². The van der Waals surface area contributed by atoms with Crippen molar-refractivity contribution in [2.24, 2.45) is 5.92 Å². The van der Waals surface area contributed by atoms with Crippen LogP contribution in [0, 0.1) is 12.8 Å². The van der Waals surface area contributed by atoms with Crippen LogP contribution in [0.25, 0.3) is 10.2 Å². The highest BCUT2D eigenvalue weighted by Gasteiger charge is 2.36. The first kappa shape index (κ1) is 22.4. The van der Waals surface area contributed by atoms with Crippen molar-refractivity contribution in [2.75, 3.05) is 31.0 Å². The van der Waals surface area contributed by atoms with Gasteiger partial charge in [0.2, 0.25) is 11.8 Å². The number of aromatic nitrogens is 1. The Bertz CT molecular complexity index is 1280. The number of carbonyl (C=O) groups excluding carboxylic acids is 4. The fourth-order valence-corrected chi connectivity index (χ4v) is 4.55. The van der Waals surface area contributed by atoms with Gasteiger partial charge in [-0.2, -0.15) is 0 Å². The number of nitrogens with zero attached hydrogens (tertiary/aromatic N) is 2. The molecular weight excluding hydrogens is 446 g/mol. The Morgan fingerprint density at radius 2 is 1.85 bits per heavy atom. The molecule has 1 atom stereocenters. The molecule has 0 aliphatic carbocycles. The fraction of sp³-hybridized carbons (Fsp3) is 0.261. The highest BCUT2D eigenvalue weighted by atomic mass is 32.1. The molecule has 9 nitrogen and oxygen atoms in total. The van der Waals surface area contributed by atoms with E-state index >= 15 is 0 Å². The number of amides is 2. The predicted molar refractivity (Wildman–Crippen MR) is 123 cm³/mol. The number of aryl methyl sites for hydroxylation is 1. The molecule has 2 heterocycles. The highest BCUT2D eigenvalue weighted by Crippen LogP contribution is 2.31. The van der Waals surface area contributed by atoms with E-state index in [1.54, 1.807) is 16.2 Å². The summed E-state index contributed by atoms with van der Waals surface area (Å²) in [5.41, 5.74) is 1.84. The van der Waals surface area contributed by atoms with E-state index in [1.165, 1.54) is 32.4 Å². The molecule has 1 aliphatic heterocycles. The minimum Gasteiger partial charge on any atom is -0.465 e. The number of ether oxygens (including phenoxy) is 2. The van der Waals surface area contributed by atoms with Crippen LogP contribution in [0.2, 0.25) is 0 Å². The SMILES string of the molecule is COC(=O)c1ccc(C(=O)OC)c(NC(=O)C2CC(=O)N(c3ccc4sc(C)nc4c3)C2)c1. The van der Waals surface area contributed by atoms with Gasteiger partial charge in [0, 0.05) is 18.7 Å². The summed E-state index contributed by atoms with van der Waals surface area (Å²) in [7, 11) is 2.45. The maximum Gasteiger partial charge on any atom is 0.339 e. The van der Waals surface area contributed by atoms with Gasteiger partial charge in [-0.15, -0.1) is 11.3 Å². The third-order valence-corrected chi connectivity index (χ3v) is 6.34. The average molecular weight is 468 g/mol. The summed E-state index contributed by atoms with van der Waals surface area (Å²) in [5, 5.41) is 3.61. The molecule has 170 valence electrons. The lowest BCUT2D eigenvalue weighted by Gasteiger charge is -2.17. The number of thiazole rings is 1. The van der Waals surface area contributed by atoms with Crippen molar-refractivity contribution in [2.45, 2.75) is 13.3 Å². The van der Waals surface area contributed by atoms with Crippen LogP contribution >= 0.6 is 11.3 Å². The van der Waals surface area contributed by atoms with Crippen LogP contribution in [0.4, 0.5) is 11.4 Å².